The molecule has 3 aromatic rings. The van der Waals surface area contributed by atoms with Crippen molar-refractivity contribution in [2.75, 3.05) is 13.1 Å². The number of rotatable bonds is 1. The van der Waals surface area contributed by atoms with Gasteiger partial charge in [0.15, 0.2) is 0 Å². The zero-order valence-corrected chi connectivity index (χ0v) is 12.0. The number of hydrogen-bond donors (Lipinski definition) is 1. The van der Waals surface area contributed by atoms with Gasteiger partial charge in [0.25, 0.3) is 0 Å². The fourth-order valence-electron chi connectivity index (χ4n) is 3.26. The molecule has 0 spiro atoms. The molecule has 2 heteroatoms. The van der Waals surface area contributed by atoms with Crippen molar-refractivity contribution in [1.29, 1.82) is 0 Å². The molecule has 0 bridgehead atoms. The van der Waals surface area contributed by atoms with E-state index in [-0.39, 0.29) is 0 Å². The smallest absolute Gasteiger partial charge is 0.0711 e. The van der Waals surface area contributed by atoms with Crippen molar-refractivity contribution in [2.24, 2.45) is 0 Å². The van der Waals surface area contributed by atoms with Gasteiger partial charge in [-0.05, 0) is 35.7 Å². The van der Waals surface area contributed by atoms with Gasteiger partial charge in [-0.1, -0.05) is 48.5 Å². The van der Waals surface area contributed by atoms with E-state index >= 15 is 0 Å². The van der Waals surface area contributed by atoms with Crippen LogP contribution in [0.5, 0.6) is 0 Å². The molecule has 0 amide bonds. The van der Waals surface area contributed by atoms with Gasteiger partial charge in [0.05, 0.1) is 5.52 Å². The molecule has 1 N–H and O–H groups in total. The minimum atomic E-state index is 1.01. The van der Waals surface area contributed by atoms with E-state index in [1.54, 1.807) is 0 Å². The summed E-state index contributed by atoms with van der Waals surface area (Å²) in [7, 11) is 0. The maximum atomic E-state index is 4.92. The number of nitrogens with one attached hydrogen (secondary N) is 1. The largest absolute Gasteiger partial charge is 0.316 e. The minimum Gasteiger partial charge on any atom is -0.316 e. The molecule has 0 atom stereocenters. The van der Waals surface area contributed by atoms with Crippen LogP contribution >= 0.6 is 0 Å². The second-order valence-electron chi connectivity index (χ2n) is 5.55. The molecular formula is C19H18N2. The molecule has 21 heavy (non-hydrogen) atoms. The Kier molecular flexibility index (Phi) is 3.17. The van der Waals surface area contributed by atoms with Gasteiger partial charge in [-0.3, -0.25) is 4.98 Å². The highest BCUT2D eigenvalue weighted by molar-refractivity contribution is 5.96. The molecule has 2 aromatic carbocycles. The number of para-hydroxylation sites is 1. The van der Waals surface area contributed by atoms with Crippen molar-refractivity contribution < 1.29 is 0 Å². The Hall–Kier alpha value is -2.19. The SMILES string of the molecule is c1ccc(-c2c3c(nc4ccccc24)CCNCC3)cc1. The predicted molar refractivity (Wildman–Crippen MR) is 87.5 cm³/mol. The van der Waals surface area contributed by atoms with Gasteiger partial charge < -0.3 is 5.32 Å². The monoisotopic (exact) mass is 274 g/mol. The molecule has 0 radical (unpaired) electrons. The topological polar surface area (TPSA) is 24.9 Å². The number of fused-ring (bicyclic) bond motifs is 2. The Morgan fingerprint density at radius 1 is 0.810 bits per heavy atom. The second-order valence-corrected chi connectivity index (χ2v) is 5.55. The number of benzene rings is 2. The first-order valence-electron chi connectivity index (χ1n) is 7.60. The summed E-state index contributed by atoms with van der Waals surface area (Å²) in [6, 6.07) is 19.2. The lowest BCUT2D eigenvalue weighted by Crippen LogP contribution is -2.16. The lowest BCUT2D eigenvalue weighted by atomic mass is 9.92. The van der Waals surface area contributed by atoms with Crippen molar-refractivity contribution in [3.63, 3.8) is 0 Å². The highest BCUT2D eigenvalue weighted by Crippen LogP contribution is 2.33. The second kappa shape index (κ2) is 5.30. The van der Waals surface area contributed by atoms with Gasteiger partial charge in [0.2, 0.25) is 0 Å². The van der Waals surface area contributed by atoms with Gasteiger partial charge in [-0.15, -0.1) is 0 Å². The summed E-state index contributed by atoms with van der Waals surface area (Å²) >= 11 is 0. The van der Waals surface area contributed by atoms with Crippen LogP contribution in [0.15, 0.2) is 54.6 Å². The van der Waals surface area contributed by atoms with Crippen molar-refractivity contribution in [3.05, 3.63) is 65.9 Å². The van der Waals surface area contributed by atoms with E-state index in [0.717, 1.165) is 31.4 Å². The van der Waals surface area contributed by atoms with Crippen LogP contribution in [0.1, 0.15) is 11.3 Å². The molecule has 104 valence electrons. The summed E-state index contributed by atoms with van der Waals surface area (Å²) in [5.41, 5.74) is 6.47. The van der Waals surface area contributed by atoms with Gasteiger partial charge in [0, 0.05) is 24.0 Å². The Labute approximate surface area is 124 Å². The van der Waals surface area contributed by atoms with Crippen LogP contribution in [0.25, 0.3) is 22.0 Å². The van der Waals surface area contributed by atoms with Gasteiger partial charge in [0.1, 0.15) is 0 Å². The molecule has 2 heterocycles. The Morgan fingerprint density at radius 2 is 1.57 bits per heavy atom. The molecule has 1 aliphatic heterocycles. The number of aromatic nitrogens is 1. The van der Waals surface area contributed by atoms with Crippen LogP contribution < -0.4 is 5.32 Å². The zero-order chi connectivity index (χ0) is 14.1. The van der Waals surface area contributed by atoms with Crippen LogP contribution in [-0.2, 0) is 12.8 Å². The molecule has 0 fully saturated rings. The predicted octanol–water partition coefficient (Wildman–Crippen LogP) is 3.59. The third kappa shape index (κ3) is 2.22. The van der Waals surface area contributed by atoms with Gasteiger partial charge >= 0.3 is 0 Å². The lowest BCUT2D eigenvalue weighted by Gasteiger charge is -2.15. The quantitative estimate of drug-likeness (QED) is 0.733. The maximum absolute atomic E-state index is 4.92. The van der Waals surface area contributed by atoms with E-state index in [4.69, 9.17) is 4.98 Å². The summed E-state index contributed by atoms with van der Waals surface area (Å²) in [5, 5.41) is 4.76. The van der Waals surface area contributed by atoms with E-state index in [0.29, 0.717) is 0 Å². The normalized spacial score (nSPS) is 14.7. The first kappa shape index (κ1) is 12.5. The molecule has 0 saturated heterocycles. The van der Waals surface area contributed by atoms with Crippen molar-refractivity contribution in [3.8, 4) is 11.1 Å². The van der Waals surface area contributed by atoms with E-state index in [1.807, 2.05) is 0 Å². The summed E-state index contributed by atoms with van der Waals surface area (Å²) in [6.45, 7) is 2.05. The summed E-state index contributed by atoms with van der Waals surface area (Å²) in [4.78, 5) is 4.92. The summed E-state index contributed by atoms with van der Waals surface area (Å²) < 4.78 is 0. The standard InChI is InChI=1S/C19H18N2/c1-2-6-14(7-3-1)19-15-8-4-5-9-17(15)21-18-11-13-20-12-10-16(18)19/h1-9,20H,10-13H2. The molecular weight excluding hydrogens is 256 g/mol. The van der Waals surface area contributed by atoms with E-state index in [1.165, 1.54) is 27.8 Å². The maximum Gasteiger partial charge on any atom is 0.0711 e. The third-order valence-electron chi connectivity index (χ3n) is 4.23. The summed E-state index contributed by atoms with van der Waals surface area (Å²) in [6.07, 6.45) is 2.07. The molecule has 2 nitrogen and oxygen atoms in total. The van der Waals surface area contributed by atoms with Crippen LogP contribution in [0, 0.1) is 0 Å². The van der Waals surface area contributed by atoms with Crippen LogP contribution in [0.2, 0.25) is 0 Å². The van der Waals surface area contributed by atoms with Crippen molar-refractivity contribution >= 4 is 10.9 Å². The molecule has 0 saturated carbocycles. The zero-order valence-electron chi connectivity index (χ0n) is 12.0. The number of pyridine rings is 1. The van der Waals surface area contributed by atoms with Crippen LogP contribution in [0.3, 0.4) is 0 Å². The average Bonchev–Trinajstić information content (AvgIpc) is 2.78. The van der Waals surface area contributed by atoms with Gasteiger partial charge in [-0.2, -0.15) is 0 Å². The van der Waals surface area contributed by atoms with Crippen molar-refractivity contribution in [1.82, 2.24) is 10.3 Å². The minimum absolute atomic E-state index is 1.01. The molecule has 0 unspecified atom stereocenters. The Bertz CT molecular complexity index is 778. The fraction of sp³-hybridized carbons (Fsp3) is 0.211. The average molecular weight is 274 g/mol. The lowest BCUT2D eigenvalue weighted by molar-refractivity contribution is 0.709. The van der Waals surface area contributed by atoms with E-state index in [9.17, 15) is 0 Å². The molecule has 1 aromatic heterocycles. The Balaban J connectivity index is 2.08. The number of hydrogen-bond acceptors (Lipinski definition) is 2. The molecule has 0 aliphatic carbocycles. The molecule has 4 rings (SSSR count). The Morgan fingerprint density at radius 3 is 2.48 bits per heavy atom. The van der Waals surface area contributed by atoms with Gasteiger partial charge in [-0.25, -0.2) is 0 Å². The highest BCUT2D eigenvalue weighted by Gasteiger charge is 2.17. The fourth-order valence-corrected chi connectivity index (χ4v) is 3.26. The van der Waals surface area contributed by atoms with Crippen LogP contribution in [-0.4, -0.2) is 18.1 Å². The third-order valence-corrected chi connectivity index (χ3v) is 4.23. The first-order chi connectivity index (χ1) is 10.4. The highest BCUT2D eigenvalue weighted by atomic mass is 14.9. The van der Waals surface area contributed by atoms with Crippen molar-refractivity contribution in [2.45, 2.75) is 12.8 Å². The van der Waals surface area contributed by atoms with Crippen LogP contribution in [0.4, 0.5) is 0 Å². The first-order valence-corrected chi connectivity index (χ1v) is 7.60. The summed E-state index contributed by atoms with van der Waals surface area (Å²) in [5.74, 6) is 0. The van der Waals surface area contributed by atoms with E-state index < -0.39 is 0 Å². The van der Waals surface area contributed by atoms with E-state index in [2.05, 4.69) is 59.9 Å². The number of nitrogens with zero attached hydrogens (tertiary/aromatic N) is 1. The molecule has 1 aliphatic rings.